The van der Waals surface area contributed by atoms with Gasteiger partial charge < -0.3 is 4.57 Å². The van der Waals surface area contributed by atoms with E-state index in [2.05, 4.69) is 13.8 Å². The van der Waals surface area contributed by atoms with E-state index in [1.807, 2.05) is 36.7 Å². The van der Waals surface area contributed by atoms with E-state index < -0.39 is 5.41 Å². The van der Waals surface area contributed by atoms with Crippen LogP contribution in [0.5, 0.6) is 0 Å². The number of rotatable bonds is 4. The first-order valence-corrected chi connectivity index (χ1v) is 9.92. The Balaban J connectivity index is 2.41. The van der Waals surface area contributed by atoms with Crippen molar-refractivity contribution in [1.29, 1.82) is 0 Å². The smallest absolute Gasteiger partial charge is 0.255 e. The van der Waals surface area contributed by atoms with Crippen molar-refractivity contribution in [1.82, 2.24) is 4.57 Å². The van der Waals surface area contributed by atoms with Crippen molar-refractivity contribution >= 4 is 5.78 Å². The summed E-state index contributed by atoms with van der Waals surface area (Å²) in [4.78, 5) is 25.3. The summed E-state index contributed by atoms with van der Waals surface area (Å²) in [6.45, 7) is 9.66. The number of hydrogen-bond acceptors (Lipinski definition) is 2. The molecule has 0 spiro atoms. The van der Waals surface area contributed by atoms with Gasteiger partial charge in [0, 0.05) is 17.3 Å². The number of Topliss-reactive ketones (excluding diaryl/α,β-unsaturated/α-hetero) is 1. The average Bonchev–Trinajstić information content (AvgIpc) is 2.68. The molecule has 0 bridgehead atoms. The average molecular weight is 346 g/mol. The monoisotopic (exact) mass is 345 g/mol. The second-order valence-corrected chi connectivity index (χ2v) is 8.83. The third-order valence-corrected chi connectivity index (χ3v) is 6.48. The maximum absolute atomic E-state index is 13.2. The van der Waals surface area contributed by atoms with Gasteiger partial charge >= 0.3 is 0 Å². The van der Waals surface area contributed by atoms with E-state index in [0.717, 1.165) is 0 Å². The molecular weight excluding hydrogens is 310 g/mol. The van der Waals surface area contributed by atoms with E-state index in [9.17, 15) is 9.59 Å². The molecule has 1 aromatic rings. The maximum atomic E-state index is 13.2. The minimum atomic E-state index is -0.741. The van der Waals surface area contributed by atoms with E-state index in [0.29, 0.717) is 11.5 Å². The lowest BCUT2D eigenvalue weighted by atomic mass is 9.78. The Morgan fingerprint density at radius 3 is 2.04 bits per heavy atom. The van der Waals surface area contributed by atoms with Gasteiger partial charge in [-0.05, 0) is 59.4 Å². The highest BCUT2D eigenvalue weighted by molar-refractivity contribution is 5.86. The summed E-state index contributed by atoms with van der Waals surface area (Å²) in [6, 6.07) is 3.75. The first-order valence-electron chi connectivity index (χ1n) is 9.92. The number of aromatic nitrogens is 1. The Bertz CT molecular complexity index is 644. The van der Waals surface area contributed by atoms with Crippen molar-refractivity contribution in [2.75, 3.05) is 0 Å². The van der Waals surface area contributed by atoms with Crippen LogP contribution in [-0.2, 0) is 15.7 Å². The van der Waals surface area contributed by atoms with Crippen LogP contribution in [0.1, 0.15) is 91.5 Å². The van der Waals surface area contributed by atoms with Gasteiger partial charge in [-0.15, -0.1) is 0 Å². The number of carbonyl (C=O) groups excluding carboxylic acids is 1. The maximum Gasteiger partial charge on any atom is 0.255 e. The van der Waals surface area contributed by atoms with E-state index in [1.54, 1.807) is 6.92 Å². The van der Waals surface area contributed by atoms with Crippen LogP contribution < -0.4 is 5.56 Å². The number of ketones is 1. The molecule has 1 aromatic heterocycles. The van der Waals surface area contributed by atoms with Crippen molar-refractivity contribution in [3.8, 4) is 0 Å². The van der Waals surface area contributed by atoms with Crippen molar-refractivity contribution < 1.29 is 4.79 Å². The fraction of sp³-hybridized carbons (Fsp3) is 0.727. The molecule has 0 saturated heterocycles. The highest BCUT2D eigenvalue weighted by Crippen LogP contribution is 2.35. The second kappa shape index (κ2) is 7.88. The van der Waals surface area contributed by atoms with Crippen molar-refractivity contribution in [2.45, 2.75) is 96.9 Å². The summed E-state index contributed by atoms with van der Waals surface area (Å²) in [5.74, 6) is 0.529. The van der Waals surface area contributed by atoms with Gasteiger partial charge in [-0.1, -0.05) is 44.6 Å². The van der Waals surface area contributed by atoms with E-state index in [4.69, 9.17) is 0 Å². The van der Waals surface area contributed by atoms with Crippen LogP contribution in [0.2, 0.25) is 0 Å². The zero-order valence-corrected chi connectivity index (χ0v) is 16.7. The van der Waals surface area contributed by atoms with Crippen LogP contribution in [0.4, 0.5) is 0 Å². The third kappa shape index (κ3) is 4.24. The zero-order chi connectivity index (χ0) is 18.7. The molecule has 0 aromatic carbocycles. The molecule has 25 heavy (non-hydrogen) atoms. The van der Waals surface area contributed by atoms with E-state index >= 15 is 0 Å². The number of carbonyl (C=O) groups is 1. The molecule has 140 valence electrons. The third-order valence-electron chi connectivity index (χ3n) is 6.48. The lowest BCUT2D eigenvalue weighted by Gasteiger charge is -2.37. The molecule has 1 aliphatic carbocycles. The molecule has 0 radical (unpaired) electrons. The largest absolute Gasteiger partial charge is 0.309 e. The van der Waals surface area contributed by atoms with Crippen molar-refractivity contribution in [3.63, 3.8) is 0 Å². The van der Waals surface area contributed by atoms with Crippen LogP contribution in [-0.4, -0.2) is 10.4 Å². The Hall–Kier alpha value is -1.38. The molecule has 1 fully saturated rings. The summed E-state index contributed by atoms with van der Waals surface area (Å²) < 4.78 is 1.90. The van der Waals surface area contributed by atoms with Crippen molar-refractivity contribution in [2.24, 2.45) is 5.92 Å². The molecule has 3 heteroatoms. The van der Waals surface area contributed by atoms with Gasteiger partial charge in [0.2, 0.25) is 0 Å². The fourth-order valence-electron chi connectivity index (χ4n) is 4.15. The predicted molar refractivity (Wildman–Crippen MR) is 104 cm³/mol. The molecular formula is C22H35NO2. The highest BCUT2D eigenvalue weighted by atomic mass is 16.1. The molecule has 0 N–H and O–H groups in total. The molecule has 1 aliphatic rings. The van der Waals surface area contributed by atoms with Gasteiger partial charge in [-0.3, -0.25) is 9.59 Å². The summed E-state index contributed by atoms with van der Waals surface area (Å²) in [7, 11) is 0. The molecule has 0 amide bonds. The van der Waals surface area contributed by atoms with Crippen LogP contribution in [0.25, 0.3) is 0 Å². The Labute approximate surface area is 152 Å². The number of hydrogen-bond donors (Lipinski definition) is 0. The van der Waals surface area contributed by atoms with Gasteiger partial charge in [0.25, 0.3) is 5.56 Å². The Kier molecular flexibility index (Phi) is 6.29. The summed E-state index contributed by atoms with van der Waals surface area (Å²) in [5, 5.41) is 0. The minimum absolute atomic E-state index is 0.00688. The van der Waals surface area contributed by atoms with Crippen LogP contribution in [0.15, 0.2) is 23.1 Å². The molecule has 1 heterocycles. The van der Waals surface area contributed by atoms with Crippen molar-refractivity contribution in [3.05, 3.63) is 34.2 Å². The lowest BCUT2D eigenvalue weighted by Crippen LogP contribution is -2.45. The van der Waals surface area contributed by atoms with Gasteiger partial charge in [0.15, 0.2) is 0 Å². The first-order chi connectivity index (χ1) is 11.7. The normalized spacial score (nSPS) is 18.3. The van der Waals surface area contributed by atoms with E-state index in [-0.39, 0.29) is 16.9 Å². The van der Waals surface area contributed by atoms with Gasteiger partial charge in [-0.25, -0.2) is 0 Å². The van der Waals surface area contributed by atoms with Gasteiger partial charge in [-0.2, -0.15) is 0 Å². The summed E-state index contributed by atoms with van der Waals surface area (Å²) >= 11 is 0. The standard InChI is InChI=1S/C22H35NO2/c1-17(24)21(2,3)19-15-12-16-23(20(19)25)22(4,5)18-13-10-8-6-7-9-11-14-18/h12,15-16,18H,6-11,13-14H2,1-5H3. The first kappa shape index (κ1) is 19.9. The number of nitrogens with zero attached hydrogens (tertiary/aromatic N) is 1. The van der Waals surface area contributed by atoms with E-state index in [1.165, 1.54) is 51.4 Å². The quantitative estimate of drug-likeness (QED) is 0.752. The van der Waals surface area contributed by atoms with Crippen LogP contribution >= 0.6 is 0 Å². The summed E-state index contributed by atoms with van der Waals surface area (Å²) in [5.41, 5.74) is -0.370. The Morgan fingerprint density at radius 2 is 1.52 bits per heavy atom. The van der Waals surface area contributed by atoms with Gasteiger partial charge in [0.05, 0.1) is 5.41 Å². The second-order valence-electron chi connectivity index (χ2n) is 8.83. The fourth-order valence-corrected chi connectivity index (χ4v) is 4.15. The molecule has 3 nitrogen and oxygen atoms in total. The number of pyridine rings is 1. The molecule has 0 atom stereocenters. The summed E-state index contributed by atoms with van der Waals surface area (Å²) in [6.07, 6.45) is 12.1. The zero-order valence-electron chi connectivity index (χ0n) is 16.7. The minimum Gasteiger partial charge on any atom is -0.309 e. The molecule has 1 saturated carbocycles. The highest BCUT2D eigenvalue weighted by Gasteiger charge is 2.35. The topological polar surface area (TPSA) is 39.1 Å². The SMILES string of the molecule is CC(=O)C(C)(C)c1cccn(C(C)(C)C2CCCCCCCC2)c1=O. The molecule has 2 rings (SSSR count). The Morgan fingerprint density at radius 1 is 1.00 bits per heavy atom. The molecule has 0 aliphatic heterocycles. The predicted octanol–water partition coefficient (Wildman–Crippen LogP) is 5.20. The van der Waals surface area contributed by atoms with Gasteiger partial charge in [0.1, 0.15) is 5.78 Å². The molecule has 0 unspecified atom stereocenters. The lowest BCUT2D eigenvalue weighted by molar-refractivity contribution is -0.121. The van der Waals surface area contributed by atoms with Crippen LogP contribution in [0, 0.1) is 5.92 Å². The van der Waals surface area contributed by atoms with Crippen LogP contribution in [0.3, 0.4) is 0 Å².